The number of nitrogens with one attached hydrogen (secondary N) is 1. The number of rotatable bonds is 5. The van der Waals surface area contributed by atoms with Gasteiger partial charge in [0.15, 0.2) is 0 Å². The first-order valence-corrected chi connectivity index (χ1v) is 8.33. The molecule has 5 nitrogen and oxygen atoms in total. The predicted molar refractivity (Wildman–Crippen MR) is 83.2 cm³/mol. The summed E-state index contributed by atoms with van der Waals surface area (Å²) >= 11 is 1.61. The largest absolute Gasteiger partial charge is 0.340 e. The van der Waals surface area contributed by atoms with Crippen LogP contribution in [0.2, 0.25) is 0 Å². The smallest absolute Gasteiger partial charge is 0.248 e. The van der Waals surface area contributed by atoms with Gasteiger partial charge in [-0.3, -0.25) is 9.59 Å². The number of aromatic nitrogens is 1. The number of carbonyl (C=O) groups is 2. The fourth-order valence-electron chi connectivity index (χ4n) is 2.67. The average Bonchev–Trinajstić information content (AvgIpc) is 2.86. The third kappa shape index (κ3) is 3.10. The minimum absolute atomic E-state index is 0.0170. The molecular formula is C15H23N3O2S. The van der Waals surface area contributed by atoms with Crippen molar-refractivity contribution >= 4 is 23.2 Å². The van der Waals surface area contributed by atoms with E-state index in [1.165, 1.54) is 0 Å². The van der Waals surface area contributed by atoms with E-state index in [4.69, 9.17) is 0 Å². The van der Waals surface area contributed by atoms with E-state index in [2.05, 4.69) is 10.3 Å². The molecule has 21 heavy (non-hydrogen) atoms. The number of hydrogen-bond donors (Lipinski definition) is 1. The van der Waals surface area contributed by atoms with Crippen LogP contribution in [-0.4, -0.2) is 39.8 Å². The summed E-state index contributed by atoms with van der Waals surface area (Å²) in [6.07, 6.45) is 1.92. The fraction of sp³-hybridized carbons (Fsp3) is 0.667. The lowest BCUT2D eigenvalue weighted by atomic mass is 9.91. The molecule has 1 fully saturated rings. The molecule has 0 aliphatic carbocycles. The number of aryl methyl sites for hydroxylation is 1. The molecule has 1 N–H and O–H groups in total. The van der Waals surface area contributed by atoms with E-state index in [9.17, 15) is 9.59 Å². The number of thiazole rings is 1. The van der Waals surface area contributed by atoms with Crippen molar-refractivity contribution in [3.8, 4) is 0 Å². The molecule has 0 aromatic carbocycles. The molecule has 0 bridgehead atoms. The number of carbonyl (C=O) groups excluding carboxylic acids is 2. The highest BCUT2D eigenvalue weighted by Crippen LogP contribution is 2.23. The van der Waals surface area contributed by atoms with E-state index in [0.717, 1.165) is 10.7 Å². The van der Waals surface area contributed by atoms with Gasteiger partial charge in [0, 0.05) is 18.3 Å². The van der Waals surface area contributed by atoms with Crippen LogP contribution >= 0.6 is 11.3 Å². The number of nitrogens with zero attached hydrogens (tertiary/aromatic N) is 2. The molecule has 2 rings (SSSR count). The van der Waals surface area contributed by atoms with Crippen LogP contribution in [0.1, 0.15) is 44.3 Å². The highest BCUT2D eigenvalue weighted by molar-refractivity contribution is 7.09. The predicted octanol–water partition coefficient (Wildman–Crippen LogP) is 1.90. The molecule has 2 heterocycles. The maximum atomic E-state index is 12.7. The van der Waals surface area contributed by atoms with Gasteiger partial charge in [-0.05, 0) is 26.7 Å². The van der Waals surface area contributed by atoms with Gasteiger partial charge in [0.25, 0.3) is 0 Å². The van der Waals surface area contributed by atoms with Gasteiger partial charge in [0.1, 0.15) is 11.6 Å². The molecule has 1 aromatic rings. The Balaban J connectivity index is 2.15. The van der Waals surface area contributed by atoms with Crippen molar-refractivity contribution < 1.29 is 9.59 Å². The van der Waals surface area contributed by atoms with Crippen molar-refractivity contribution in [3.63, 3.8) is 0 Å². The first kappa shape index (κ1) is 15.9. The van der Waals surface area contributed by atoms with Crippen LogP contribution in [0.15, 0.2) is 5.38 Å². The molecule has 0 spiro atoms. The first-order valence-electron chi connectivity index (χ1n) is 7.45. The van der Waals surface area contributed by atoms with E-state index in [1.54, 1.807) is 23.2 Å². The molecule has 2 atom stereocenters. The molecule has 0 saturated carbocycles. The third-order valence-electron chi connectivity index (χ3n) is 4.18. The molecule has 0 radical (unpaired) electrons. The standard InChI is InChI=1S/C15H23N3O2S/c1-5-12-13(19)17-15(4,6-2)14(20)18(12)8-7-11-9-21-10(3)16-11/h9,12H,5-8H2,1-4H3,(H,17,19). The van der Waals surface area contributed by atoms with Crippen LogP contribution in [0.4, 0.5) is 0 Å². The molecule has 1 saturated heterocycles. The zero-order valence-electron chi connectivity index (χ0n) is 13.1. The summed E-state index contributed by atoms with van der Waals surface area (Å²) in [5.74, 6) is -0.0284. The molecule has 6 heteroatoms. The Morgan fingerprint density at radius 2 is 2.14 bits per heavy atom. The highest BCUT2D eigenvalue weighted by atomic mass is 32.1. The SMILES string of the molecule is CCC1C(=O)NC(C)(CC)C(=O)N1CCc1csc(C)n1. The lowest BCUT2D eigenvalue weighted by Crippen LogP contribution is -2.69. The van der Waals surface area contributed by atoms with E-state index in [-0.39, 0.29) is 17.9 Å². The average molecular weight is 309 g/mol. The van der Waals surface area contributed by atoms with Gasteiger partial charge in [-0.15, -0.1) is 11.3 Å². The second-order valence-electron chi connectivity index (χ2n) is 5.71. The third-order valence-corrected chi connectivity index (χ3v) is 5.00. The number of hydrogen-bond acceptors (Lipinski definition) is 4. The summed E-state index contributed by atoms with van der Waals surface area (Å²) < 4.78 is 0. The van der Waals surface area contributed by atoms with Gasteiger partial charge in [0.2, 0.25) is 11.8 Å². The molecular weight excluding hydrogens is 286 g/mol. The second-order valence-corrected chi connectivity index (χ2v) is 6.77. The second kappa shape index (κ2) is 6.13. The van der Waals surface area contributed by atoms with Gasteiger partial charge in [0.05, 0.1) is 10.7 Å². The monoisotopic (exact) mass is 309 g/mol. The van der Waals surface area contributed by atoms with E-state index >= 15 is 0 Å². The van der Waals surface area contributed by atoms with Gasteiger partial charge in [-0.25, -0.2) is 4.98 Å². The minimum atomic E-state index is -0.777. The Morgan fingerprint density at radius 3 is 2.67 bits per heavy atom. The van der Waals surface area contributed by atoms with Gasteiger partial charge in [-0.2, -0.15) is 0 Å². The van der Waals surface area contributed by atoms with Crippen molar-refractivity contribution in [3.05, 3.63) is 16.1 Å². The maximum absolute atomic E-state index is 12.7. The zero-order valence-corrected chi connectivity index (χ0v) is 13.9. The molecule has 1 aliphatic heterocycles. The summed E-state index contributed by atoms with van der Waals surface area (Å²) in [6, 6.07) is -0.364. The summed E-state index contributed by atoms with van der Waals surface area (Å²) in [5, 5.41) is 5.93. The minimum Gasteiger partial charge on any atom is -0.340 e. The van der Waals surface area contributed by atoms with Crippen molar-refractivity contribution in [1.29, 1.82) is 0 Å². The topological polar surface area (TPSA) is 62.3 Å². The van der Waals surface area contributed by atoms with Crippen LogP contribution < -0.4 is 5.32 Å². The van der Waals surface area contributed by atoms with Crippen LogP contribution in [-0.2, 0) is 16.0 Å². The summed E-state index contributed by atoms with van der Waals surface area (Å²) in [5.41, 5.74) is 0.213. The van der Waals surface area contributed by atoms with E-state index in [1.807, 2.05) is 26.2 Å². The Morgan fingerprint density at radius 1 is 1.43 bits per heavy atom. The Hall–Kier alpha value is -1.43. The van der Waals surface area contributed by atoms with Crippen molar-refractivity contribution in [1.82, 2.24) is 15.2 Å². The molecule has 2 amide bonds. The molecule has 1 aromatic heterocycles. The van der Waals surface area contributed by atoms with Crippen LogP contribution in [0.25, 0.3) is 0 Å². The quantitative estimate of drug-likeness (QED) is 0.903. The van der Waals surface area contributed by atoms with Gasteiger partial charge < -0.3 is 10.2 Å². The van der Waals surface area contributed by atoms with Crippen LogP contribution in [0, 0.1) is 6.92 Å². The van der Waals surface area contributed by atoms with Gasteiger partial charge >= 0.3 is 0 Å². The van der Waals surface area contributed by atoms with Crippen molar-refractivity contribution in [2.45, 2.75) is 58.5 Å². The number of piperazine rings is 1. The highest BCUT2D eigenvalue weighted by Gasteiger charge is 2.45. The lowest BCUT2D eigenvalue weighted by molar-refractivity contribution is -0.154. The summed E-state index contributed by atoms with van der Waals surface area (Å²) in [7, 11) is 0. The van der Waals surface area contributed by atoms with E-state index < -0.39 is 5.54 Å². The zero-order chi connectivity index (χ0) is 15.6. The van der Waals surface area contributed by atoms with Crippen LogP contribution in [0.5, 0.6) is 0 Å². The van der Waals surface area contributed by atoms with E-state index in [0.29, 0.717) is 25.8 Å². The Bertz CT molecular complexity index is 543. The van der Waals surface area contributed by atoms with Crippen molar-refractivity contribution in [2.75, 3.05) is 6.54 Å². The Labute approximate surface area is 129 Å². The summed E-state index contributed by atoms with van der Waals surface area (Å²) in [6.45, 7) is 8.18. The molecule has 116 valence electrons. The fourth-order valence-corrected chi connectivity index (χ4v) is 3.32. The summed E-state index contributed by atoms with van der Waals surface area (Å²) in [4.78, 5) is 31.1. The van der Waals surface area contributed by atoms with Gasteiger partial charge in [-0.1, -0.05) is 13.8 Å². The van der Waals surface area contributed by atoms with Crippen molar-refractivity contribution in [2.24, 2.45) is 0 Å². The molecule has 1 aliphatic rings. The normalized spacial score (nSPS) is 26.1. The van der Waals surface area contributed by atoms with Crippen LogP contribution in [0.3, 0.4) is 0 Å². The molecule has 2 unspecified atom stereocenters. The number of amides is 2. The lowest BCUT2D eigenvalue weighted by Gasteiger charge is -2.44. The Kier molecular flexibility index (Phi) is 4.66. The maximum Gasteiger partial charge on any atom is 0.248 e. The first-order chi connectivity index (χ1) is 9.91.